The Morgan fingerprint density at radius 1 is 1.11 bits per heavy atom. The Kier molecular flexibility index (Phi) is 9.06. The van der Waals surface area contributed by atoms with Crippen molar-refractivity contribution in [2.45, 2.75) is 11.4 Å². The lowest BCUT2D eigenvalue weighted by Crippen LogP contribution is -2.37. The van der Waals surface area contributed by atoms with E-state index in [2.05, 4.69) is 31.5 Å². The fraction of sp³-hybridized carbons (Fsp3) is 0.154. The maximum Gasteiger partial charge on any atom is 0.243 e. The molecule has 0 bridgehead atoms. The lowest BCUT2D eigenvalue weighted by molar-refractivity contribution is -0.116. The van der Waals surface area contributed by atoms with Gasteiger partial charge in [-0.05, 0) is 60.2 Å². The quantitative estimate of drug-likeness (QED) is 0.218. The molecule has 0 radical (unpaired) electrons. The van der Waals surface area contributed by atoms with E-state index in [0.717, 1.165) is 25.2 Å². The Morgan fingerprint density at radius 3 is 2.45 bits per heavy atom. The van der Waals surface area contributed by atoms with Crippen LogP contribution < -0.4 is 15.4 Å². The maximum absolute atomic E-state index is 13.6. The van der Waals surface area contributed by atoms with Crippen molar-refractivity contribution in [2.24, 2.45) is 0 Å². The molecule has 8 nitrogen and oxygen atoms in total. The van der Waals surface area contributed by atoms with Gasteiger partial charge in [0, 0.05) is 34.0 Å². The molecule has 12 heteroatoms. The van der Waals surface area contributed by atoms with Gasteiger partial charge in [-0.1, -0.05) is 39.7 Å². The number of aromatic nitrogens is 1. The third-order valence-corrected chi connectivity index (χ3v) is 8.98. The van der Waals surface area contributed by atoms with Crippen molar-refractivity contribution in [1.82, 2.24) is 9.29 Å². The van der Waals surface area contributed by atoms with Crippen LogP contribution in [-0.2, 0) is 21.4 Å². The monoisotopic (exact) mass is 634 g/mol. The van der Waals surface area contributed by atoms with Crippen LogP contribution in [0.3, 0.4) is 0 Å². The molecule has 38 heavy (non-hydrogen) atoms. The standard InChI is InChI=1S/C26H24BrClN4O4S2/c1-29-26-31-23(16-37-26)18-5-12-24(36-2)22(13-18)30-25(33)15-32(14-17-3-8-20(28)9-4-17)38(34,35)21-10-6-19(27)7-11-21/h3-13,16H,14-15H2,1-2H3,(H,29,31)(H,30,33). The molecule has 4 rings (SSSR count). The second-order valence-electron chi connectivity index (χ2n) is 8.10. The average Bonchev–Trinajstić information content (AvgIpc) is 3.39. The molecule has 2 N–H and O–H groups in total. The molecule has 3 aromatic carbocycles. The first-order valence-electron chi connectivity index (χ1n) is 11.3. The van der Waals surface area contributed by atoms with E-state index in [1.165, 1.54) is 30.6 Å². The van der Waals surface area contributed by atoms with Crippen LogP contribution in [-0.4, -0.2) is 44.3 Å². The lowest BCUT2D eigenvalue weighted by Gasteiger charge is -2.22. The number of thiazole rings is 1. The lowest BCUT2D eigenvalue weighted by atomic mass is 10.1. The summed E-state index contributed by atoms with van der Waals surface area (Å²) in [4.78, 5) is 17.8. The summed E-state index contributed by atoms with van der Waals surface area (Å²) in [5.41, 5.74) is 2.60. The van der Waals surface area contributed by atoms with Crippen LogP contribution in [0, 0.1) is 0 Å². The third kappa shape index (κ3) is 6.72. The first-order chi connectivity index (χ1) is 18.2. The highest BCUT2D eigenvalue weighted by molar-refractivity contribution is 9.10. The van der Waals surface area contributed by atoms with Crippen LogP contribution in [0.15, 0.2) is 81.5 Å². The van der Waals surface area contributed by atoms with Crippen LogP contribution in [0.1, 0.15) is 5.56 Å². The van der Waals surface area contributed by atoms with E-state index >= 15 is 0 Å². The summed E-state index contributed by atoms with van der Waals surface area (Å²) in [6.45, 7) is -0.444. The largest absolute Gasteiger partial charge is 0.495 e. The number of sulfonamides is 1. The van der Waals surface area contributed by atoms with Gasteiger partial charge in [-0.2, -0.15) is 4.31 Å². The molecule has 0 aliphatic rings. The molecule has 0 aliphatic heterocycles. The molecule has 0 atom stereocenters. The first kappa shape index (κ1) is 28.1. The zero-order valence-corrected chi connectivity index (χ0v) is 24.4. The van der Waals surface area contributed by atoms with Crippen molar-refractivity contribution in [3.05, 3.63) is 87.2 Å². The van der Waals surface area contributed by atoms with Crippen molar-refractivity contribution < 1.29 is 17.9 Å². The fourth-order valence-corrected chi connectivity index (χ4v) is 6.07. The molecule has 0 fully saturated rings. The van der Waals surface area contributed by atoms with Gasteiger partial charge in [0.15, 0.2) is 5.13 Å². The summed E-state index contributed by atoms with van der Waals surface area (Å²) < 4.78 is 34.4. The van der Waals surface area contributed by atoms with Gasteiger partial charge in [0.25, 0.3) is 0 Å². The number of nitrogens with one attached hydrogen (secondary N) is 2. The zero-order chi connectivity index (χ0) is 27.3. The predicted octanol–water partition coefficient (Wildman–Crippen LogP) is 6.11. The minimum absolute atomic E-state index is 0.0220. The number of amides is 1. The van der Waals surface area contributed by atoms with Gasteiger partial charge in [0.05, 0.1) is 29.9 Å². The summed E-state index contributed by atoms with van der Waals surface area (Å²) in [5.74, 6) is -0.0875. The second kappa shape index (κ2) is 12.3. The zero-order valence-electron chi connectivity index (χ0n) is 20.4. The van der Waals surface area contributed by atoms with Gasteiger partial charge < -0.3 is 15.4 Å². The van der Waals surface area contributed by atoms with Gasteiger partial charge in [-0.25, -0.2) is 13.4 Å². The summed E-state index contributed by atoms with van der Waals surface area (Å²) in [7, 11) is -0.719. The number of anilines is 2. The number of nitrogens with zero attached hydrogens (tertiary/aromatic N) is 2. The molecular weight excluding hydrogens is 612 g/mol. The van der Waals surface area contributed by atoms with Crippen LogP contribution in [0.4, 0.5) is 10.8 Å². The molecule has 4 aromatic rings. The van der Waals surface area contributed by atoms with E-state index in [1.807, 2.05) is 11.4 Å². The molecule has 0 saturated heterocycles. The Labute approximate surface area is 238 Å². The van der Waals surface area contributed by atoms with E-state index in [1.54, 1.807) is 55.6 Å². The van der Waals surface area contributed by atoms with E-state index in [4.69, 9.17) is 16.3 Å². The van der Waals surface area contributed by atoms with E-state index in [9.17, 15) is 13.2 Å². The summed E-state index contributed by atoms with van der Waals surface area (Å²) in [6.07, 6.45) is 0. The molecule has 0 spiro atoms. The van der Waals surface area contributed by atoms with Crippen molar-refractivity contribution in [1.29, 1.82) is 0 Å². The van der Waals surface area contributed by atoms with Crippen LogP contribution >= 0.6 is 38.9 Å². The third-order valence-electron chi connectivity index (χ3n) is 5.53. The minimum Gasteiger partial charge on any atom is -0.495 e. The minimum atomic E-state index is -4.01. The summed E-state index contributed by atoms with van der Waals surface area (Å²) in [5, 5.41) is 9.01. The van der Waals surface area contributed by atoms with Gasteiger partial charge >= 0.3 is 0 Å². The molecule has 0 aliphatic carbocycles. The smallest absolute Gasteiger partial charge is 0.243 e. The predicted molar refractivity (Wildman–Crippen MR) is 155 cm³/mol. The van der Waals surface area contributed by atoms with Crippen LogP contribution in [0.25, 0.3) is 11.3 Å². The van der Waals surface area contributed by atoms with Crippen LogP contribution in [0.5, 0.6) is 5.75 Å². The van der Waals surface area contributed by atoms with Gasteiger partial charge in [0.2, 0.25) is 15.9 Å². The number of benzene rings is 3. The highest BCUT2D eigenvalue weighted by Crippen LogP contribution is 2.32. The van der Waals surface area contributed by atoms with E-state index in [0.29, 0.717) is 22.0 Å². The Hall–Kier alpha value is -2.96. The van der Waals surface area contributed by atoms with Crippen molar-refractivity contribution in [3.8, 4) is 17.0 Å². The molecule has 0 unspecified atom stereocenters. The Balaban J connectivity index is 1.61. The van der Waals surface area contributed by atoms with Gasteiger partial charge in [-0.3, -0.25) is 4.79 Å². The molecule has 198 valence electrons. The number of carbonyl (C=O) groups is 1. The second-order valence-corrected chi connectivity index (χ2v) is 12.3. The molecule has 1 amide bonds. The van der Waals surface area contributed by atoms with Crippen molar-refractivity contribution in [3.63, 3.8) is 0 Å². The highest BCUT2D eigenvalue weighted by Gasteiger charge is 2.27. The Morgan fingerprint density at radius 2 is 1.82 bits per heavy atom. The van der Waals surface area contributed by atoms with Gasteiger partial charge in [0.1, 0.15) is 5.75 Å². The highest BCUT2D eigenvalue weighted by atomic mass is 79.9. The van der Waals surface area contributed by atoms with Crippen molar-refractivity contribution >= 4 is 65.6 Å². The summed E-state index contributed by atoms with van der Waals surface area (Å²) in [6, 6.07) is 18.4. The molecule has 1 heterocycles. The number of rotatable bonds is 10. The average molecular weight is 636 g/mol. The molecule has 1 aromatic heterocycles. The number of hydrogen-bond acceptors (Lipinski definition) is 7. The normalized spacial score (nSPS) is 11.4. The van der Waals surface area contributed by atoms with E-state index < -0.39 is 22.5 Å². The first-order valence-corrected chi connectivity index (χ1v) is 14.8. The Bertz CT molecular complexity index is 1530. The molecular formula is C26H24BrClN4O4S2. The van der Waals surface area contributed by atoms with Crippen LogP contribution in [0.2, 0.25) is 5.02 Å². The number of halogens is 2. The van der Waals surface area contributed by atoms with Crippen molar-refractivity contribution in [2.75, 3.05) is 31.3 Å². The fourth-order valence-electron chi connectivity index (χ4n) is 3.61. The summed E-state index contributed by atoms with van der Waals surface area (Å²) >= 11 is 10.8. The topological polar surface area (TPSA) is 101 Å². The van der Waals surface area contributed by atoms with E-state index in [-0.39, 0.29) is 11.4 Å². The SMILES string of the molecule is CNc1nc(-c2ccc(OC)c(NC(=O)CN(Cc3ccc(Cl)cc3)S(=O)(=O)c3ccc(Br)cc3)c2)cs1. The maximum atomic E-state index is 13.6. The number of methoxy groups -OCH3 is 1. The number of carbonyl (C=O) groups excluding carboxylic acids is 1. The molecule has 0 saturated carbocycles. The number of ether oxygens (including phenoxy) is 1. The van der Waals surface area contributed by atoms with Gasteiger partial charge in [-0.15, -0.1) is 11.3 Å². The number of hydrogen-bond donors (Lipinski definition) is 2.